The van der Waals surface area contributed by atoms with E-state index in [0.29, 0.717) is 0 Å². The minimum Gasteiger partial charge on any atom is -0.399 e. The van der Waals surface area contributed by atoms with Gasteiger partial charge in [0.1, 0.15) is 0 Å². The second-order valence-electron chi connectivity index (χ2n) is 4.44. The molecule has 0 bridgehead atoms. The zero-order chi connectivity index (χ0) is 13.2. The summed E-state index contributed by atoms with van der Waals surface area (Å²) in [5.41, 5.74) is 7.80. The Hall–Kier alpha value is -1.10. The van der Waals surface area contributed by atoms with Crippen LogP contribution in [0.2, 0.25) is 0 Å². The van der Waals surface area contributed by atoms with Crippen LogP contribution in [0.5, 0.6) is 0 Å². The summed E-state index contributed by atoms with van der Waals surface area (Å²) in [7, 11) is 3.79. The SMILES string of the molecule is COCCCOCCN(C)Cc1cccc(N)c1. The van der Waals surface area contributed by atoms with E-state index in [1.54, 1.807) is 7.11 Å². The molecule has 0 aliphatic rings. The number of nitrogens with zero attached hydrogens (tertiary/aromatic N) is 1. The molecular formula is C14H24N2O2. The van der Waals surface area contributed by atoms with Crippen LogP contribution in [0.15, 0.2) is 24.3 Å². The van der Waals surface area contributed by atoms with E-state index in [1.165, 1.54) is 5.56 Å². The van der Waals surface area contributed by atoms with E-state index in [1.807, 2.05) is 18.2 Å². The van der Waals surface area contributed by atoms with Gasteiger partial charge in [0, 0.05) is 39.1 Å². The fraction of sp³-hybridized carbons (Fsp3) is 0.571. The van der Waals surface area contributed by atoms with E-state index in [9.17, 15) is 0 Å². The Kier molecular flexibility index (Phi) is 7.41. The van der Waals surface area contributed by atoms with Crippen molar-refractivity contribution in [2.75, 3.05) is 46.3 Å². The molecule has 0 fully saturated rings. The number of nitrogen functional groups attached to an aromatic ring is 1. The predicted octanol–water partition coefficient (Wildman–Crippen LogP) is 1.75. The number of likely N-dealkylation sites (N-methyl/N-ethyl adjacent to an activating group) is 1. The molecule has 0 amide bonds. The first-order chi connectivity index (χ1) is 8.72. The average molecular weight is 252 g/mol. The van der Waals surface area contributed by atoms with E-state index >= 15 is 0 Å². The summed E-state index contributed by atoms with van der Waals surface area (Å²) in [6.45, 7) is 4.09. The van der Waals surface area contributed by atoms with Crippen molar-refractivity contribution in [3.63, 3.8) is 0 Å². The lowest BCUT2D eigenvalue weighted by Crippen LogP contribution is -2.23. The number of hydrogen-bond donors (Lipinski definition) is 1. The van der Waals surface area contributed by atoms with E-state index in [-0.39, 0.29) is 0 Å². The van der Waals surface area contributed by atoms with Gasteiger partial charge in [-0.3, -0.25) is 4.90 Å². The van der Waals surface area contributed by atoms with Crippen LogP contribution in [0.25, 0.3) is 0 Å². The molecular weight excluding hydrogens is 228 g/mol. The Morgan fingerprint density at radius 2 is 2.06 bits per heavy atom. The highest BCUT2D eigenvalue weighted by atomic mass is 16.5. The van der Waals surface area contributed by atoms with Gasteiger partial charge in [0.2, 0.25) is 0 Å². The molecule has 0 atom stereocenters. The van der Waals surface area contributed by atoms with E-state index in [2.05, 4.69) is 18.0 Å². The van der Waals surface area contributed by atoms with E-state index in [4.69, 9.17) is 15.2 Å². The maximum atomic E-state index is 5.75. The molecule has 4 heteroatoms. The Labute approximate surface area is 110 Å². The summed E-state index contributed by atoms with van der Waals surface area (Å²) >= 11 is 0. The quantitative estimate of drug-likeness (QED) is 0.537. The molecule has 4 nitrogen and oxygen atoms in total. The summed E-state index contributed by atoms with van der Waals surface area (Å²) in [4.78, 5) is 2.23. The van der Waals surface area contributed by atoms with Crippen molar-refractivity contribution < 1.29 is 9.47 Å². The largest absolute Gasteiger partial charge is 0.399 e. The highest BCUT2D eigenvalue weighted by Gasteiger charge is 2.00. The van der Waals surface area contributed by atoms with Gasteiger partial charge in [-0.15, -0.1) is 0 Å². The standard InChI is InChI=1S/C14H24N2O2/c1-16(7-10-18-9-4-8-17-2)12-13-5-3-6-14(15)11-13/h3,5-6,11H,4,7-10,12,15H2,1-2H3. The van der Waals surface area contributed by atoms with Crippen molar-refractivity contribution >= 4 is 5.69 Å². The summed E-state index contributed by atoms with van der Waals surface area (Å²) in [5.74, 6) is 0. The second-order valence-corrected chi connectivity index (χ2v) is 4.44. The van der Waals surface area contributed by atoms with Crippen LogP contribution in [0.3, 0.4) is 0 Å². The maximum absolute atomic E-state index is 5.75. The Morgan fingerprint density at radius 3 is 2.78 bits per heavy atom. The topological polar surface area (TPSA) is 47.7 Å². The van der Waals surface area contributed by atoms with Gasteiger partial charge in [-0.1, -0.05) is 12.1 Å². The minimum absolute atomic E-state index is 0.753. The molecule has 0 saturated carbocycles. The van der Waals surface area contributed by atoms with Crippen LogP contribution >= 0.6 is 0 Å². The number of nitrogens with two attached hydrogens (primary N) is 1. The first kappa shape index (κ1) is 15.0. The van der Waals surface area contributed by atoms with Crippen molar-refractivity contribution in [3.05, 3.63) is 29.8 Å². The van der Waals surface area contributed by atoms with Crippen molar-refractivity contribution in [3.8, 4) is 0 Å². The first-order valence-electron chi connectivity index (χ1n) is 6.32. The normalized spacial score (nSPS) is 11.1. The van der Waals surface area contributed by atoms with Crippen LogP contribution in [-0.2, 0) is 16.0 Å². The number of anilines is 1. The van der Waals surface area contributed by atoms with Gasteiger partial charge in [0.05, 0.1) is 6.61 Å². The van der Waals surface area contributed by atoms with Crippen LogP contribution in [0.4, 0.5) is 5.69 Å². The number of methoxy groups -OCH3 is 1. The minimum atomic E-state index is 0.753. The molecule has 102 valence electrons. The maximum Gasteiger partial charge on any atom is 0.0593 e. The monoisotopic (exact) mass is 252 g/mol. The fourth-order valence-corrected chi connectivity index (χ4v) is 1.71. The molecule has 0 radical (unpaired) electrons. The van der Waals surface area contributed by atoms with E-state index in [0.717, 1.165) is 45.0 Å². The van der Waals surface area contributed by atoms with Gasteiger partial charge in [0.25, 0.3) is 0 Å². The smallest absolute Gasteiger partial charge is 0.0593 e. The highest BCUT2D eigenvalue weighted by molar-refractivity contribution is 5.40. The molecule has 2 N–H and O–H groups in total. The van der Waals surface area contributed by atoms with Gasteiger partial charge in [-0.05, 0) is 31.2 Å². The van der Waals surface area contributed by atoms with Gasteiger partial charge < -0.3 is 15.2 Å². The molecule has 18 heavy (non-hydrogen) atoms. The van der Waals surface area contributed by atoms with Gasteiger partial charge in [-0.2, -0.15) is 0 Å². The van der Waals surface area contributed by atoms with Crippen LogP contribution < -0.4 is 5.73 Å². The number of rotatable bonds is 9. The Bertz CT molecular complexity index is 331. The number of benzene rings is 1. The molecule has 0 heterocycles. The van der Waals surface area contributed by atoms with Crippen molar-refractivity contribution in [2.24, 2.45) is 0 Å². The lowest BCUT2D eigenvalue weighted by molar-refractivity contribution is 0.0876. The third-order valence-electron chi connectivity index (χ3n) is 2.66. The van der Waals surface area contributed by atoms with Crippen molar-refractivity contribution in [2.45, 2.75) is 13.0 Å². The third kappa shape index (κ3) is 6.59. The molecule has 1 aromatic rings. The molecule has 1 aromatic carbocycles. The number of ether oxygens (including phenoxy) is 2. The average Bonchev–Trinajstić information content (AvgIpc) is 2.33. The molecule has 0 unspecified atom stereocenters. The molecule has 1 rings (SSSR count). The Balaban J connectivity index is 2.12. The highest BCUT2D eigenvalue weighted by Crippen LogP contribution is 2.08. The zero-order valence-electron chi connectivity index (χ0n) is 11.4. The van der Waals surface area contributed by atoms with Crippen molar-refractivity contribution in [1.29, 1.82) is 0 Å². The summed E-state index contributed by atoms with van der Waals surface area (Å²) < 4.78 is 10.5. The van der Waals surface area contributed by atoms with Gasteiger partial charge >= 0.3 is 0 Å². The van der Waals surface area contributed by atoms with Crippen LogP contribution in [0.1, 0.15) is 12.0 Å². The summed E-state index contributed by atoms with van der Waals surface area (Å²) in [6.07, 6.45) is 0.954. The molecule has 0 saturated heterocycles. The number of hydrogen-bond acceptors (Lipinski definition) is 4. The fourth-order valence-electron chi connectivity index (χ4n) is 1.71. The van der Waals surface area contributed by atoms with Crippen molar-refractivity contribution in [1.82, 2.24) is 4.90 Å². The summed E-state index contributed by atoms with van der Waals surface area (Å²) in [6, 6.07) is 7.99. The van der Waals surface area contributed by atoms with Gasteiger partial charge in [-0.25, -0.2) is 0 Å². The molecule has 0 aliphatic heterocycles. The summed E-state index contributed by atoms with van der Waals surface area (Å²) in [5, 5.41) is 0. The molecule has 0 aromatic heterocycles. The van der Waals surface area contributed by atoms with E-state index < -0.39 is 0 Å². The Morgan fingerprint density at radius 1 is 1.22 bits per heavy atom. The molecule has 0 aliphatic carbocycles. The molecule has 0 spiro atoms. The lowest BCUT2D eigenvalue weighted by Gasteiger charge is -2.16. The lowest BCUT2D eigenvalue weighted by atomic mass is 10.2. The first-order valence-corrected chi connectivity index (χ1v) is 6.32. The zero-order valence-corrected chi connectivity index (χ0v) is 11.4. The predicted molar refractivity (Wildman–Crippen MR) is 74.5 cm³/mol. The van der Waals surface area contributed by atoms with Gasteiger partial charge in [0.15, 0.2) is 0 Å². The second kappa shape index (κ2) is 8.91. The van der Waals surface area contributed by atoms with Crippen LogP contribution in [-0.4, -0.2) is 45.4 Å². The third-order valence-corrected chi connectivity index (χ3v) is 2.66. The van der Waals surface area contributed by atoms with Crippen LogP contribution in [0, 0.1) is 0 Å².